The molecular weight excluding hydrogens is 176 g/mol. The van der Waals surface area contributed by atoms with E-state index in [-0.39, 0.29) is 0 Å². The lowest BCUT2D eigenvalue weighted by Gasteiger charge is -2.08. The molecule has 80 valence electrons. The minimum atomic E-state index is 0.333. The number of aromatic nitrogens is 3. The third kappa shape index (κ3) is 2.54. The first kappa shape index (κ1) is 11.2. The molecule has 0 amide bonds. The van der Waals surface area contributed by atoms with Crippen LogP contribution in [-0.2, 0) is 0 Å². The van der Waals surface area contributed by atoms with Crippen molar-refractivity contribution in [1.82, 2.24) is 15.2 Å². The Morgan fingerprint density at radius 1 is 1.43 bits per heavy atom. The molecule has 0 aliphatic carbocycles. The number of nitrogens with two attached hydrogens (primary N) is 1. The Labute approximate surface area is 85.3 Å². The van der Waals surface area contributed by atoms with Crippen LogP contribution in [0, 0.1) is 0 Å². The van der Waals surface area contributed by atoms with Crippen molar-refractivity contribution in [3.63, 3.8) is 0 Å². The predicted molar refractivity (Wildman–Crippen MR) is 57.2 cm³/mol. The van der Waals surface area contributed by atoms with E-state index in [2.05, 4.69) is 36.0 Å². The maximum atomic E-state index is 5.69. The first-order valence-corrected chi connectivity index (χ1v) is 5.31. The summed E-state index contributed by atoms with van der Waals surface area (Å²) in [7, 11) is 0. The molecule has 1 aromatic heterocycles. The number of rotatable bonds is 5. The maximum absolute atomic E-state index is 5.69. The van der Waals surface area contributed by atoms with Gasteiger partial charge in [-0.3, -0.25) is 5.10 Å². The van der Waals surface area contributed by atoms with Gasteiger partial charge in [0.15, 0.2) is 5.82 Å². The summed E-state index contributed by atoms with van der Waals surface area (Å²) in [6.07, 6.45) is 2.20. The molecule has 0 spiro atoms. The molecule has 1 heterocycles. The fourth-order valence-corrected chi connectivity index (χ4v) is 1.44. The van der Waals surface area contributed by atoms with Gasteiger partial charge in [0.1, 0.15) is 5.82 Å². The summed E-state index contributed by atoms with van der Waals surface area (Å²) in [6, 6.07) is 0. The second-order valence-corrected chi connectivity index (χ2v) is 3.95. The van der Waals surface area contributed by atoms with E-state index in [0.717, 1.165) is 24.5 Å². The summed E-state index contributed by atoms with van der Waals surface area (Å²) in [5.41, 5.74) is 5.69. The van der Waals surface area contributed by atoms with Gasteiger partial charge in [-0.15, -0.1) is 0 Å². The average Bonchev–Trinajstić information content (AvgIpc) is 2.63. The number of hydrogen-bond acceptors (Lipinski definition) is 3. The summed E-state index contributed by atoms with van der Waals surface area (Å²) in [5.74, 6) is 2.53. The molecule has 0 aromatic carbocycles. The second kappa shape index (κ2) is 5.10. The molecule has 0 saturated heterocycles. The molecule has 0 saturated carbocycles. The fraction of sp³-hybridized carbons (Fsp3) is 0.800. The van der Waals surface area contributed by atoms with Gasteiger partial charge in [-0.2, -0.15) is 5.10 Å². The first-order chi connectivity index (χ1) is 6.69. The predicted octanol–water partition coefficient (Wildman–Crippen LogP) is 1.77. The van der Waals surface area contributed by atoms with Gasteiger partial charge in [-0.25, -0.2) is 4.98 Å². The second-order valence-electron chi connectivity index (χ2n) is 3.95. The highest BCUT2D eigenvalue weighted by Gasteiger charge is 2.14. The number of nitrogens with zero attached hydrogens (tertiary/aromatic N) is 2. The van der Waals surface area contributed by atoms with Gasteiger partial charge < -0.3 is 5.73 Å². The van der Waals surface area contributed by atoms with Crippen molar-refractivity contribution in [2.45, 2.75) is 45.4 Å². The minimum Gasteiger partial charge on any atom is -0.330 e. The summed E-state index contributed by atoms with van der Waals surface area (Å²) >= 11 is 0. The lowest BCUT2D eigenvalue weighted by atomic mass is 10.0. The highest BCUT2D eigenvalue weighted by Crippen LogP contribution is 2.17. The Kier molecular flexibility index (Phi) is 4.07. The van der Waals surface area contributed by atoms with E-state index in [1.165, 1.54) is 0 Å². The Bertz CT molecular complexity index is 267. The summed E-state index contributed by atoms with van der Waals surface area (Å²) < 4.78 is 0. The zero-order chi connectivity index (χ0) is 10.6. The van der Waals surface area contributed by atoms with E-state index < -0.39 is 0 Å². The standard InChI is InChI=1S/C10H20N4/c1-4-5-8(6-11)10-12-9(7(2)3)13-14-10/h7-8H,4-6,11H2,1-3H3,(H,12,13,14). The number of nitrogens with one attached hydrogen (secondary N) is 1. The molecule has 0 fully saturated rings. The van der Waals surface area contributed by atoms with Crippen molar-refractivity contribution < 1.29 is 0 Å². The monoisotopic (exact) mass is 196 g/mol. The molecule has 4 heteroatoms. The topological polar surface area (TPSA) is 67.6 Å². The van der Waals surface area contributed by atoms with Crippen LogP contribution in [-0.4, -0.2) is 21.7 Å². The minimum absolute atomic E-state index is 0.333. The van der Waals surface area contributed by atoms with Crippen LogP contribution in [0.15, 0.2) is 0 Å². The van der Waals surface area contributed by atoms with Gasteiger partial charge in [-0.1, -0.05) is 27.2 Å². The van der Waals surface area contributed by atoms with Crippen molar-refractivity contribution in [2.75, 3.05) is 6.54 Å². The zero-order valence-corrected chi connectivity index (χ0v) is 9.25. The van der Waals surface area contributed by atoms with E-state index in [4.69, 9.17) is 5.73 Å². The molecule has 0 bridgehead atoms. The van der Waals surface area contributed by atoms with Crippen molar-refractivity contribution in [2.24, 2.45) is 5.73 Å². The van der Waals surface area contributed by atoms with E-state index in [1.54, 1.807) is 0 Å². The van der Waals surface area contributed by atoms with Crippen LogP contribution in [0.3, 0.4) is 0 Å². The van der Waals surface area contributed by atoms with Crippen LogP contribution in [0.2, 0.25) is 0 Å². The SMILES string of the molecule is CCCC(CN)c1nc(C(C)C)n[nH]1. The third-order valence-electron chi connectivity index (χ3n) is 2.34. The van der Waals surface area contributed by atoms with E-state index >= 15 is 0 Å². The van der Waals surface area contributed by atoms with Crippen LogP contribution in [0.4, 0.5) is 0 Å². The molecule has 1 atom stereocenters. The summed E-state index contributed by atoms with van der Waals surface area (Å²) in [5, 5.41) is 7.16. The van der Waals surface area contributed by atoms with Crippen LogP contribution in [0.25, 0.3) is 0 Å². The number of H-pyrrole nitrogens is 1. The molecule has 1 aromatic rings. The lowest BCUT2D eigenvalue weighted by molar-refractivity contribution is 0.590. The average molecular weight is 196 g/mol. The normalized spacial score (nSPS) is 13.5. The molecule has 1 unspecified atom stereocenters. The van der Waals surface area contributed by atoms with Crippen molar-refractivity contribution in [3.8, 4) is 0 Å². The van der Waals surface area contributed by atoms with Crippen LogP contribution in [0.5, 0.6) is 0 Å². The Hall–Kier alpha value is -0.900. The molecule has 3 N–H and O–H groups in total. The quantitative estimate of drug-likeness (QED) is 0.754. The number of hydrogen-bond donors (Lipinski definition) is 2. The highest BCUT2D eigenvalue weighted by atomic mass is 15.2. The van der Waals surface area contributed by atoms with Gasteiger partial charge in [0.05, 0.1) is 0 Å². The summed E-state index contributed by atoms with van der Waals surface area (Å²) in [6.45, 7) is 6.97. The lowest BCUT2D eigenvalue weighted by Crippen LogP contribution is -2.13. The zero-order valence-electron chi connectivity index (χ0n) is 9.25. The van der Waals surface area contributed by atoms with E-state index in [1.807, 2.05) is 0 Å². The smallest absolute Gasteiger partial charge is 0.153 e. The molecule has 4 nitrogen and oxygen atoms in total. The maximum Gasteiger partial charge on any atom is 0.153 e. The van der Waals surface area contributed by atoms with Crippen molar-refractivity contribution in [3.05, 3.63) is 11.6 Å². The van der Waals surface area contributed by atoms with Gasteiger partial charge in [0.25, 0.3) is 0 Å². The third-order valence-corrected chi connectivity index (χ3v) is 2.34. The van der Waals surface area contributed by atoms with Gasteiger partial charge in [0, 0.05) is 18.4 Å². The molecule has 0 aliphatic rings. The summed E-state index contributed by atoms with van der Waals surface area (Å²) in [4.78, 5) is 4.45. The first-order valence-electron chi connectivity index (χ1n) is 5.31. The van der Waals surface area contributed by atoms with Crippen molar-refractivity contribution in [1.29, 1.82) is 0 Å². The molecule has 1 rings (SSSR count). The molecular formula is C10H20N4. The Balaban J connectivity index is 2.73. The number of aromatic amines is 1. The van der Waals surface area contributed by atoms with Crippen LogP contribution < -0.4 is 5.73 Å². The van der Waals surface area contributed by atoms with E-state index in [9.17, 15) is 0 Å². The van der Waals surface area contributed by atoms with Gasteiger partial charge in [-0.05, 0) is 6.42 Å². The largest absolute Gasteiger partial charge is 0.330 e. The van der Waals surface area contributed by atoms with Gasteiger partial charge >= 0.3 is 0 Å². The molecule has 0 radical (unpaired) electrons. The van der Waals surface area contributed by atoms with Gasteiger partial charge in [0.2, 0.25) is 0 Å². The van der Waals surface area contributed by atoms with Crippen molar-refractivity contribution >= 4 is 0 Å². The highest BCUT2D eigenvalue weighted by molar-refractivity contribution is 5.00. The Morgan fingerprint density at radius 3 is 2.57 bits per heavy atom. The van der Waals surface area contributed by atoms with Crippen LogP contribution in [0.1, 0.15) is 57.1 Å². The van der Waals surface area contributed by atoms with Crippen LogP contribution >= 0.6 is 0 Å². The molecule has 0 aliphatic heterocycles. The molecule has 14 heavy (non-hydrogen) atoms. The van der Waals surface area contributed by atoms with E-state index in [0.29, 0.717) is 18.4 Å². The Morgan fingerprint density at radius 2 is 2.14 bits per heavy atom. The fourth-order valence-electron chi connectivity index (χ4n) is 1.44.